The van der Waals surface area contributed by atoms with Gasteiger partial charge in [-0.05, 0) is 44.5 Å². The van der Waals surface area contributed by atoms with E-state index in [1.54, 1.807) is 38.2 Å². The summed E-state index contributed by atoms with van der Waals surface area (Å²) in [6, 6.07) is 4.58. The molecule has 178 valence electrons. The molecule has 0 bridgehead atoms. The van der Waals surface area contributed by atoms with Crippen molar-refractivity contribution in [3.8, 4) is 0 Å². The smallest absolute Gasteiger partial charge is 0.450 e. The molecule has 0 radical (unpaired) electrons. The summed E-state index contributed by atoms with van der Waals surface area (Å²) in [5.41, 5.74) is 1.14. The number of rotatable bonds is 13. The third kappa shape index (κ3) is 9.34. The summed E-state index contributed by atoms with van der Waals surface area (Å²) in [7, 11) is 1.69. The van der Waals surface area contributed by atoms with Gasteiger partial charge in [-0.3, -0.25) is 14.4 Å². The van der Waals surface area contributed by atoms with Crippen molar-refractivity contribution in [2.24, 2.45) is 0 Å². The van der Waals surface area contributed by atoms with Crippen molar-refractivity contribution in [2.45, 2.75) is 71.2 Å². The molecule has 10 nitrogen and oxygen atoms in total. The van der Waals surface area contributed by atoms with E-state index < -0.39 is 24.1 Å². The highest BCUT2D eigenvalue weighted by atomic mass is 16.7. The predicted octanol–water partition coefficient (Wildman–Crippen LogP) is 2.00. The first-order chi connectivity index (χ1) is 15.2. The van der Waals surface area contributed by atoms with E-state index in [4.69, 9.17) is 5.11 Å². The zero-order chi connectivity index (χ0) is 24.1. The summed E-state index contributed by atoms with van der Waals surface area (Å²) in [5, 5.41) is 19.6. The Morgan fingerprint density at radius 3 is 2.03 bits per heavy atom. The molecule has 0 saturated heterocycles. The zero-order valence-corrected chi connectivity index (χ0v) is 19.1. The number of carbonyl (C=O) groups is 4. The van der Waals surface area contributed by atoms with Crippen LogP contribution in [0, 0.1) is 0 Å². The maximum Gasteiger partial charge on any atom is 0.506 e. The number of carbonyl (C=O) groups excluding carboxylic acids is 3. The Morgan fingerprint density at radius 2 is 1.50 bits per heavy atom. The zero-order valence-electron chi connectivity index (χ0n) is 19.1. The number of hydrogen-bond donors (Lipinski definition) is 5. The molecule has 0 aliphatic carbocycles. The fraction of sp³-hybridized carbons (Fsp3) is 0.545. The van der Waals surface area contributed by atoms with E-state index in [2.05, 4.69) is 26.0 Å². The van der Waals surface area contributed by atoms with Gasteiger partial charge in [0.1, 0.15) is 18.7 Å². The van der Waals surface area contributed by atoms with Crippen LogP contribution in [-0.4, -0.2) is 54.2 Å². The molecule has 32 heavy (non-hydrogen) atoms. The summed E-state index contributed by atoms with van der Waals surface area (Å²) >= 11 is 0. The SMILES string of the molecule is CCC[C@H](NC(=O)[C@H](C)NC(=O)[C@@H](CCC)NC)C(=O)Nc1ccc(COC(=O)O)cc1. The molecule has 0 spiro atoms. The number of anilines is 1. The van der Waals surface area contributed by atoms with Crippen LogP contribution in [0.2, 0.25) is 0 Å². The van der Waals surface area contributed by atoms with Crippen LogP contribution in [0.4, 0.5) is 10.5 Å². The monoisotopic (exact) mass is 450 g/mol. The normalized spacial score (nSPS) is 13.4. The second kappa shape index (κ2) is 14.0. The van der Waals surface area contributed by atoms with Crippen molar-refractivity contribution in [1.29, 1.82) is 0 Å². The molecule has 10 heteroatoms. The lowest BCUT2D eigenvalue weighted by Crippen LogP contribution is -2.54. The number of hydrogen-bond acceptors (Lipinski definition) is 6. The van der Waals surface area contributed by atoms with Gasteiger partial charge in [-0.15, -0.1) is 0 Å². The Bertz CT molecular complexity index is 768. The van der Waals surface area contributed by atoms with Crippen molar-refractivity contribution < 1.29 is 29.0 Å². The molecule has 1 aromatic rings. The first-order valence-corrected chi connectivity index (χ1v) is 10.7. The van der Waals surface area contributed by atoms with Gasteiger partial charge >= 0.3 is 6.16 Å². The van der Waals surface area contributed by atoms with Crippen LogP contribution >= 0.6 is 0 Å². The number of amides is 3. The lowest BCUT2D eigenvalue weighted by atomic mass is 10.1. The number of nitrogens with one attached hydrogen (secondary N) is 4. The first kappa shape index (κ1) is 26.9. The fourth-order valence-electron chi connectivity index (χ4n) is 2.99. The average molecular weight is 451 g/mol. The van der Waals surface area contributed by atoms with Crippen molar-refractivity contribution >= 4 is 29.6 Å². The van der Waals surface area contributed by atoms with E-state index in [1.807, 2.05) is 13.8 Å². The highest BCUT2D eigenvalue weighted by Crippen LogP contribution is 2.12. The Morgan fingerprint density at radius 1 is 0.906 bits per heavy atom. The quantitative estimate of drug-likeness (QED) is 0.289. The van der Waals surface area contributed by atoms with Gasteiger partial charge < -0.3 is 31.1 Å². The van der Waals surface area contributed by atoms with Crippen LogP contribution < -0.4 is 21.3 Å². The van der Waals surface area contributed by atoms with Gasteiger partial charge in [0, 0.05) is 5.69 Å². The molecule has 0 heterocycles. The number of benzene rings is 1. The molecular formula is C22H34N4O6. The van der Waals surface area contributed by atoms with Crippen LogP contribution in [0.3, 0.4) is 0 Å². The van der Waals surface area contributed by atoms with Gasteiger partial charge in [0.25, 0.3) is 0 Å². The van der Waals surface area contributed by atoms with Gasteiger partial charge in [0.2, 0.25) is 17.7 Å². The average Bonchev–Trinajstić information content (AvgIpc) is 2.76. The van der Waals surface area contributed by atoms with Crippen molar-refractivity contribution in [1.82, 2.24) is 16.0 Å². The van der Waals surface area contributed by atoms with Crippen molar-refractivity contribution in [2.75, 3.05) is 12.4 Å². The molecule has 0 unspecified atom stereocenters. The Kier molecular flexibility index (Phi) is 11.8. The second-order valence-corrected chi connectivity index (χ2v) is 7.45. The van der Waals surface area contributed by atoms with Gasteiger partial charge in [-0.2, -0.15) is 0 Å². The molecule has 1 aromatic carbocycles. The fourth-order valence-corrected chi connectivity index (χ4v) is 2.99. The largest absolute Gasteiger partial charge is 0.506 e. The van der Waals surface area contributed by atoms with Crippen molar-refractivity contribution in [3.05, 3.63) is 29.8 Å². The molecular weight excluding hydrogens is 416 g/mol. The molecule has 3 amide bonds. The van der Waals surface area contributed by atoms with Gasteiger partial charge in [-0.25, -0.2) is 4.79 Å². The molecule has 1 rings (SSSR count). The predicted molar refractivity (Wildman–Crippen MR) is 120 cm³/mol. The van der Waals surface area contributed by atoms with Crippen LogP contribution in [0.25, 0.3) is 0 Å². The summed E-state index contributed by atoms with van der Waals surface area (Å²) in [5.74, 6) is -1.09. The minimum Gasteiger partial charge on any atom is -0.450 e. The molecule has 0 saturated carbocycles. The maximum absolute atomic E-state index is 12.7. The van der Waals surface area contributed by atoms with Gasteiger partial charge in [0.05, 0.1) is 6.04 Å². The number of carboxylic acid groups (broad SMARTS) is 1. The standard InChI is InChI=1S/C22H34N4O6/c1-5-7-17(23-4)20(28)24-14(3)19(27)26-18(8-6-2)21(29)25-16-11-9-15(10-12-16)13-32-22(30)31/h9-12,14,17-18,23H,5-8,13H2,1-4H3,(H,24,28)(H,25,29)(H,26,27)(H,30,31)/t14-,17+,18-/m0/s1. The van der Waals surface area contributed by atoms with E-state index in [-0.39, 0.29) is 24.5 Å². The topological polar surface area (TPSA) is 146 Å². The minimum atomic E-state index is -1.36. The van der Waals surface area contributed by atoms with Crippen LogP contribution in [0.15, 0.2) is 24.3 Å². The Hall–Kier alpha value is -3.14. The van der Waals surface area contributed by atoms with Crippen molar-refractivity contribution in [3.63, 3.8) is 0 Å². The summed E-state index contributed by atoms with van der Waals surface area (Å²) in [6.07, 6.45) is 1.21. The molecule has 3 atom stereocenters. The third-order valence-corrected chi connectivity index (χ3v) is 4.79. The first-order valence-electron chi connectivity index (χ1n) is 10.7. The highest BCUT2D eigenvalue weighted by Gasteiger charge is 2.25. The molecule has 0 aliphatic heterocycles. The Balaban J connectivity index is 2.68. The molecule has 5 N–H and O–H groups in total. The van der Waals surface area contributed by atoms with Gasteiger partial charge in [-0.1, -0.05) is 38.8 Å². The second-order valence-electron chi connectivity index (χ2n) is 7.45. The summed E-state index contributed by atoms with van der Waals surface area (Å²) in [6.45, 7) is 5.36. The van der Waals surface area contributed by atoms with E-state index in [1.165, 1.54) is 0 Å². The van der Waals surface area contributed by atoms with E-state index in [0.717, 1.165) is 6.42 Å². The minimum absolute atomic E-state index is 0.0889. The van der Waals surface area contributed by atoms with Crippen LogP contribution in [0.1, 0.15) is 52.0 Å². The highest BCUT2D eigenvalue weighted by molar-refractivity contribution is 5.98. The lowest BCUT2D eigenvalue weighted by molar-refractivity contribution is -0.131. The molecule has 0 fully saturated rings. The van der Waals surface area contributed by atoms with E-state index >= 15 is 0 Å². The lowest BCUT2D eigenvalue weighted by Gasteiger charge is -2.22. The molecule has 0 aromatic heterocycles. The number of likely N-dealkylation sites (N-methyl/N-ethyl adjacent to an activating group) is 1. The third-order valence-electron chi connectivity index (χ3n) is 4.79. The van der Waals surface area contributed by atoms with E-state index in [9.17, 15) is 19.2 Å². The van der Waals surface area contributed by atoms with Crippen LogP contribution in [0.5, 0.6) is 0 Å². The Labute approximate surface area is 188 Å². The van der Waals surface area contributed by atoms with Gasteiger partial charge in [0.15, 0.2) is 0 Å². The maximum atomic E-state index is 12.7. The summed E-state index contributed by atoms with van der Waals surface area (Å²) in [4.78, 5) is 48.0. The molecule has 0 aliphatic rings. The number of ether oxygens (including phenoxy) is 1. The summed E-state index contributed by atoms with van der Waals surface area (Å²) < 4.78 is 4.50. The van der Waals surface area contributed by atoms with Crippen LogP contribution in [-0.2, 0) is 25.7 Å². The van der Waals surface area contributed by atoms with E-state index in [0.29, 0.717) is 30.5 Å².